The van der Waals surface area contributed by atoms with Crippen LogP contribution in [0.1, 0.15) is 30.6 Å². The molecule has 1 saturated heterocycles. The molecule has 6 nitrogen and oxygen atoms in total. The highest BCUT2D eigenvalue weighted by Gasteiger charge is 2.28. The van der Waals surface area contributed by atoms with E-state index in [1.54, 1.807) is 35.2 Å². The molecule has 30 heavy (non-hydrogen) atoms. The molecule has 1 amide bonds. The molecule has 1 aliphatic heterocycles. The average molecular weight is 428 g/mol. The maximum atomic E-state index is 14.2. The van der Waals surface area contributed by atoms with Gasteiger partial charge in [-0.25, -0.2) is 8.96 Å². The van der Waals surface area contributed by atoms with Crippen LogP contribution in [0.2, 0.25) is 0 Å². The number of amides is 1. The summed E-state index contributed by atoms with van der Waals surface area (Å²) in [5, 5.41) is 0.325. The summed E-state index contributed by atoms with van der Waals surface area (Å²) in [6.45, 7) is 5.12. The predicted octanol–water partition coefficient (Wildman–Crippen LogP) is 3.83. The Morgan fingerprint density at radius 1 is 1.27 bits per heavy atom. The van der Waals surface area contributed by atoms with E-state index in [1.165, 1.54) is 12.1 Å². The summed E-state index contributed by atoms with van der Waals surface area (Å²) < 4.78 is 21.2. The number of rotatable bonds is 4. The summed E-state index contributed by atoms with van der Waals surface area (Å²) in [6.07, 6.45) is 0.948. The highest BCUT2D eigenvalue weighted by atomic mass is 32.1. The van der Waals surface area contributed by atoms with Crippen LogP contribution in [0.3, 0.4) is 0 Å². The molecule has 0 radical (unpaired) electrons. The van der Waals surface area contributed by atoms with Gasteiger partial charge in [-0.1, -0.05) is 12.1 Å². The lowest BCUT2D eigenvalue weighted by Gasteiger charge is -2.18. The predicted molar refractivity (Wildman–Crippen MR) is 115 cm³/mol. The first kappa shape index (κ1) is 20.4. The Labute approximate surface area is 177 Å². The Bertz CT molecular complexity index is 1230. The quantitative estimate of drug-likeness (QED) is 0.643. The van der Waals surface area contributed by atoms with E-state index in [0.29, 0.717) is 29.6 Å². The number of halogens is 1. The van der Waals surface area contributed by atoms with Crippen LogP contribution >= 0.6 is 12.2 Å². The van der Waals surface area contributed by atoms with Gasteiger partial charge in [0.1, 0.15) is 5.82 Å². The lowest BCUT2D eigenvalue weighted by Crippen LogP contribution is -2.31. The van der Waals surface area contributed by atoms with Crippen molar-refractivity contribution in [2.45, 2.75) is 32.5 Å². The van der Waals surface area contributed by atoms with Crippen molar-refractivity contribution >= 4 is 29.0 Å². The number of ether oxygens (including phenoxy) is 1. The molecule has 8 heteroatoms. The molecule has 2 aromatic carbocycles. The van der Waals surface area contributed by atoms with Crippen molar-refractivity contribution < 1.29 is 13.9 Å². The van der Waals surface area contributed by atoms with Crippen molar-refractivity contribution in [1.29, 1.82) is 0 Å². The van der Waals surface area contributed by atoms with Gasteiger partial charge in [0.15, 0.2) is 4.77 Å². The van der Waals surface area contributed by atoms with E-state index in [1.807, 2.05) is 13.8 Å². The SMILES string of the molecule is CC(C)O[C@@H]1CCN(C(=O)c2ccc3c(=O)n(-c4ccccc4F)c(=S)[nH]c3c2)C1. The van der Waals surface area contributed by atoms with Crippen molar-refractivity contribution in [2.24, 2.45) is 0 Å². The Morgan fingerprint density at radius 2 is 2.03 bits per heavy atom. The van der Waals surface area contributed by atoms with Crippen molar-refractivity contribution in [2.75, 3.05) is 13.1 Å². The van der Waals surface area contributed by atoms with E-state index in [0.717, 1.165) is 11.0 Å². The summed E-state index contributed by atoms with van der Waals surface area (Å²) in [5.74, 6) is -0.665. The zero-order chi connectivity index (χ0) is 21.4. The average Bonchev–Trinajstić information content (AvgIpc) is 3.16. The number of hydrogen-bond donors (Lipinski definition) is 1. The normalized spacial score (nSPS) is 16.5. The summed E-state index contributed by atoms with van der Waals surface area (Å²) in [7, 11) is 0. The number of hydrogen-bond acceptors (Lipinski definition) is 4. The van der Waals surface area contributed by atoms with Crippen molar-refractivity contribution in [3.05, 3.63) is 69.0 Å². The Hall–Kier alpha value is -2.84. The number of aromatic nitrogens is 2. The van der Waals surface area contributed by atoms with E-state index in [2.05, 4.69) is 4.98 Å². The first-order chi connectivity index (χ1) is 14.3. The summed E-state index contributed by atoms with van der Waals surface area (Å²) in [6, 6.07) is 10.8. The fourth-order valence-electron chi connectivity index (χ4n) is 3.79. The smallest absolute Gasteiger partial charge is 0.266 e. The molecule has 0 spiro atoms. The lowest BCUT2D eigenvalue weighted by molar-refractivity contribution is 0.0139. The van der Waals surface area contributed by atoms with Crippen LogP contribution in [0.4, 0.5) is 4.39 Å². The summed E-state index contributed by atoms with van der Waals surface area (Å²) in [5.41, 5.74) is 0.544. The molecule has 1 atom stereocenters. The fourth-order valence-corrected chi connectivity index (χ4v) is 4.09. The molecule has 4 rings (SSSR count). The number of carbonyl (C=O) groups is 1. The van der Waals surface area contributed by atoms with E-state index in [-0.39, 0.29) is 28.6 Å². The van der Waals surface area contributed by atoms with Crippen LogP contribution in [0.5, 0.6) is 0 Å². The molecule has 1 fully saturated rings. The van der Waals surface area contributed by atoms with E-state index in [9.17, 15) is 14.0 Å². The van der Waals surface area contributed by atoms with Crippen molar-refractivity contribution in [3.8, 4) is 5.69 Å². The minimum Gasteiger partial charge on any atom is -0.374 e. The minimum atomic E-state index is -0.544. The molecule has 0 unspecified atom stereocenters. The van der Waals surface area contributed by atoms with Gasteiger partial charge in [0.25, 0.3) is 11.5 Å². The maximum Gasteiger partial charge on any atom is 0.266 e. The van der Waals surface area contributed by atoms with Crippen LogP contribution in [-0.4, -0.2) is 45.7 Å². The van der Waals surface area contributed by atoms with Crippen LogP contribution in [0, 0.1) is 10.6 Å². The minimum absolute atomic E-state index is 0.0354. The number of fused-ring (bicyclic) bond motifs is 1. The first-order valence-electron chi connectivity index (χ1n) is 9.84. The van der Waals surface area contributed by atoms with Gasteiger partial charge in [-0.15, -0.1) is 0 Å². The van der Waals surface area contributed by atoms with Gasteiger partial charge >= 0.3 is 0 Å². The standard InChI is InChI=1S/C22H22FN3O3S/c1-13(2)29-15-9-10-25(12-15)20(27)14-7-8-16-18(11-14)24-22(30)26(21(16)28)19-6-4-3-5-17(19)23/h3-8,11,13,15H,9-10,12H2,1-2H3,(H,24,30)/t15-/m1/s1. The van der Waals surface area contributed by atoms with Crippen LogP contribution in [0.15, 0.2) is 47.3 Å². The molecule has 1 N–H and O–H groups in total. The molecule has 1 aromatic heterocycles. The molecule has 0 aliphatic carbocycles. The second kappa shape index (κ2) is 8.12. The Morgan fingerprint density at radius 3 is 2.77 bits per heavy atom. The number of H-pyrrole nitrogens is 1. The van der Waals surface area contributed by atoms with Gasteiger partial charge in [0, 0.05) is 18.7 Å². The third kappa shape index (κ3) is 3.80. The molecule has 0 bridgehead atoms. The van der Waals surface area contributed by atoms with E-state index < -0.39 is 11.4 Å². The van der Waals surface area contributed by atoms with Gasteiger partial charge in [-0.3, -0.25) is 9.59 Å². The van der Waals surface area contributed by atoms with Gasteiger partial charge in [0.05, 0.1) is 28.8 Å². The third-order valence-electron chi connectivity index (χ3n) is 5.13. The monoisotopic (exact) mass is 427 g/mol. The van der Waals surface area contributed by atoms with Crippen molar-refractivity contribution in [3.63, 3.8) is 0 Å². The van der Waals surface area contributed by atoms with E-state index in [4.69, 9.17) is 17.0 Å². The molecule has 1 aliphatic rings. The second-order valence-corrected chi connectivity index (χ2v) is 8.02. The van der Waals surface area contributed by atoms with Gasteiger partial charge in [-0.05, 0) is 62.8 Å². The largest absolute Gasteiger partial charge is 0.374 e. The number of carbonyl (C=O) groups excluding carboxylic acids is 1. The number of nitrogens with one attached hydrogen (secondary N) is 1. The zero-order valence-corrected chi connectivity index (χ0v) is 17.5. The topological polar surface area (TPSA) is 67.3 Å². The highest BCUT2D eigenvalue weighted by molar-refractivity contribution is 7.71. The first-order valence-corrected chi connectivity index (χ1v) is 10.2. The van der Waals surface area contributed by atoms with Crippen LogP contribution < -0.4 is 5.56 Å². The lowest BCUT2D eigenvalue weighted by atomic mass is 10.1. The third-order valence-corrected chi connectivity index (χ3v) is 5.42. The molecule has 3 aromatic rings. The molecular weight excluding hydrogens is 405 g/mol. The molecule has 0 saturated carbocycles. The number of nitrogens with zero attached hydrogens (tertiary/aromatic N) is 2. The number of aromatic amines is 1. The van der Waals surface area contributed by atoms with Crippen molar-refractivity contribution in [1.82, 2.24) is 14.5 Å². The highest BCUT2D eigenvalue weighted by Crippen LogP contribution is 2.20. The van der Waals surface area contributed by atoms with Gasteiger partial charge < -0.3 is 14.6 Å². The number of benzene rings is 2. The van der Waals surface area contributed by atoms with Crippen LogP contribution in [0.25, 0.3) is 16.6 Å². The van der Waals surface area contributed by atoms with Crippen LogP contribution in [-0.2, 0) is 4.74 Å². The second-order valence-electron chi connectivity index (χ2n) is 7.63. The molecule has 2 heterocycles. The fraction of sp³-hybridized carbons (Fsp3) is 0.318. The Kier molecular flexibility index (Phi) is 5.53. The van der Waals surface area contributed by atoms with Gasteiger partial charge in [0.2, 0.25) is 0 Å². The maximum absolute atomic E-state index is 14.2. The summed E-state index contributed by atoms with van der Waals surface area (Å²) in [4.78, 5) is 30.6. The zero-order valence-electron chi connectivity index (χ0n) is 16.7. The molecule has 156 valence electrons. The van der Waals surface area contributed by atoms with E-state index >= 15 is 0 Å². The Balaban J connectivity index is 1.69. The molecular formula is C22H22FN3O3S. The number of para-hydroxylation sites is 1. The van der Waals surface area contributed by atoms with Gasteiger partial charge in [-0.2, -0.15) is 0 Å². The number of likely N-dealkylation sites (tertiary alicyclic amines) is 1. The summed E-state index contributed by atoms with van der Waals surface area (Å²) >= 11 is 5.31.